The van der Waals surface area contributed by atoms with E-state index in [1.165, 1.54) is 0 Å². The summed E-state index contributed by atoms with van der Waals surface area (Å²) in [4.78, 5) is 28.4. The van der Waals surface area contributed by atoms with Gasteiger partial charge in [0.15, 0.2) is 5.78 Å². The van der Waals surface area contributed by atoms with Crippen LogP contribution >= 0.6 is 0 Å². The van der Waals surface area contributed by atoms with Crippen molar-refractivity contribution in [2.24, 2.45) is 5.92 Å². The molecule has 1 fully saturated rings. The van der Waals surface area contributed by atoms with E-state index in [0.717, 1.165) is 16.9 Å². The van der Waals surface area contributed by atoms with Crippen LogP contribution in [0.5, 0.6) is 5.75 Å². The molecule has 0 atom stereocenters. The summed E-state index contributed by atoms with van der Waals surface area (Å²) in [5.74, 6) is 0.621. The molecule has 1 heterocycles. The lowest BCUT2D eigenvalue weighted by Crippen LogP contribution is -2.42. The topological polar surface area (TPSA) is 46.6 Å². The maximum atomic E-state index is 13.5. The normalized spacial score (nSPS) is 14.5. The Balaban J connectivity index is 1.46. The first-order chi connectivity index (χ1) is 15.2. The highest BCUT2D eigenvalue weighted by molar-refractivity contribution is 5.98. The van der Waals surface area contributed by atoms with E-state index in [1.807, 2.05) is 89.8 Å². The first-order valence-electron chi connectivity index (χ1n) is 10.7. The second-order valence-corrected chi connectivity index (χ2v) is 7.95. The molecule has 1 aliphatic rings. The predicted octanol–water partition coefficient (Wildman–Crippen LogP) is 4.95. The van der Waals surface area contributed by atoms with Gasteiger partial charge in [0.2, 0.25) is 5.91 Å². The third-order valence-electron chi connectivity index (χ3n) is 6.06. The Morgan fingerprint density at radius 1 is 0.806 bits per heavy atom. The Kier molecular flexibility index (Phi) is 6.46. The minimum absolute atomic E-state index is 0.0515. The Morgan fingerprint density at radius 3 is 1.81 bits per heavy atom. The number of amides is 1. The summed E-state index contributed by atoms with van der Waals surface area (Å²) in [6.07, 6.45) is 1.37. The molecule has 3 aromatic rings. The van der Waals surface area contributed by atoms with Gasteiger partial charge in [0.1, 0.15) is 5.75 Å². The summed E-state index contributed by atoms with van der Waals surface area (Å²) in [5.41, 5.74) is 2.70. The lowest BCUT2D eigenvalue weighted by molar-refractivity contribution is -0.133. The van der Waals surface area contributed by atoms with Crippen LogP contribution in [0.4, 0.5) is 0 Å². The number of benzene rings is 3. The van der Waals surface area contributed by atoms with E-state index in [0.29, 0.717) is 31.5 Å². The number of nitrogens with zero attached hydrogens (tertiary/aromatic N) is 1. The monoisotopic (exact) mass is 413 g/mol. The molecule has 3 aromatic carbocycles. The molecular formula is C27H27NO3. The van der Waals surface area contributed by atoms with Crippen LogP contribution in [-0.2, 0) is 4.79 Å². The number of ether oxygens (including phenoxy) is 1. The van der Waals surface area contributed by atoms with E-state index in [4.69, 9.17) is 4.74 Å². The number of piperidine rings is 1. The second-order valence-electron chi connectivity index (χ2n) is 7.95. The minimum atomic E-state index is -0.323. The number of hydrogen-bond acceptors (Lipinski definition) is 3. The van der Waals surface area contributed by atoms with Crippen molar-refractivity contribution in [1.29, 1.82) is 0 Å². The third kappa shape index (κ3) is 4.69. The molecule has 0 aliphatic carbocycles. The fraction of sp³-hybridized carbons (Fsp3) is 0.259. The maximum Gasteiger partial charge on any atom is 0.234 e. The summed E-state index contributed by atoms with van der Waals surface area (Å²) in [6.45, 7) is 1.20. The summed E-state index contributed by atoms with van der Waals surface area (Å²) in [6, 6.07) is 27.1. The van der Waals surface area contributed by atoms with Gasteiger partial charge in [0, 0.05) is 24.6 Å². The Bertz CT molecular complexity index is 968. The van der Waals surface area contributed by atoms with E-state index in [2.05, 4.69) is 0 Å². The van der Waals surface area contributed by atoms with Crippen LogP contribution in [-0.4, -0.2) is 36.8 Å². The van der Waals surface area contributed by atoms with Crippen molar-refractivity contribution in [3.8, 4) is 5.75 Å². The van der Waals surface area contributed by atoms with Crippen LogP contribution in [0.2, 0.25) is 0 Å². The zero-order chi connectivity index (χ0) is 21.6. The number of likely N-dealkylation sites (tertiary alicyclic amines) is 1. The largest absolute Gasteiger partial charge is 0.497 e. The average Bonchev–Trinajstić information content (AvgIpc) is 2.85. The molecule has 0 radical (unpaired) electrons. The highest BCUT2D eigenvalue weighted by Gasteiger charge is 2.32. The lowest BCUT2D eigenvalue weighted by atomic mass is 9.86. The SMILES string of the molecule is COc1ccc(C(=O)C2CCN(C(=O)C(c3ccccc3)c3ccccc3)CC2)cc1. The fourth-order valence-electron chi connectivity index (χ4n) is 4.30. The standard InChI is InChI=1S/C27H27NO3/c1-31-24-14-12-22(13-15-24)26(29)23-16-18-28(19-17-23)27(30)25(20-8-4-2-5-9-20)21-10-6-3-7-11-21/h2-15,23,25H,16-19H2,1H3. The summed E-state index contributed by atoms with van der Waals surface area (Å²) >= 11 is 0. The number of methoxy groups -OCH3 is 1. The van der Waals surface area contributed by atoms with Crippen LogP contribution in [0, 0.1) is 5.92 Å². The van der Waals surface area contributed by atoms with Crippen LogP contribution in [0.15, 0.2) is 84.9 Å². The van der Waals surface area contributed by atoms with Gasteiger partial charge in [-0.25, -0.2) is 0 Å². The molecule has 0 N–H and O–H groups in total. The van der Waals surface area contributed by atoms with Gasteiger partial charge in [-0.2, -0.15) is 0 Å². The molecule has 0 saturated carbocycles. The van der Waals surface area contributed by atoms with Crippen LogP contribution < -0.4 is 4.74 Å². The van der Waals surface area contributed by atoms with Crippen molar-refractivity contribution in [3.05, 3.63) is 102 Å². The van der Waals surface area contributed by atoms with Gasteiger partial charge in [-0.05, 0) is 48.2 Å². The number of Topliss-reactive ketones (excluding diaryl/α,β-unsaturated/α-hetero) is 1. The maximum absolute atomic E-state index is 13.5. The van der Waals surface area contributed by atoms with E-state index in [-0.39, 0.29) is 23.5 Å². The van der Waals surface area contributed by atoms with Gasteiger partial charge in [0.25, 0.3) is 0 Å². The molecule has 31 heavy (non-hydrogen) atoms. The fourth-order valence-corrected chi connectivity index (χ4v) is 4.30. The second kappa shape index (κ2) is 9.61. The zero-order valence-corrected chi connectivity index (χ0v) is 17.7. The van der Waals surface area contributed by atoms with Crippen LogP contribution in [0.1, 0.15) is 40.2 Å². The smallest absolute Gasteiger partial charge is 0.234 e. The first-order valence-corrected chi connectivity index (χ1v) is 10.7. The molecule has 0 spiro atoms. The minimum Gasteiger partial charge on any atom is -0.497 e. The quantitative estimate of drug-likeness (QED) is 0.537. The van der Waals surface area contributed by atoms with Crippen molar-refractivity contribution in [2.45, 2.75) is 18.8 Å². The van der Waals surface area contributed by atoms with E-state index >= 15 is 0 Å². The summed E-state index contributed by atoms with van der Waals surface area (Å²) < 4.78 is 5.17. The Labute approximate surface area is 183 Å². The van der Waals surface area contributed by atoms with Gasteiger partial charge >= 0.3 is 0 Å². The zero-order valence-electron chi connectivity index (χ0n) is 17.7. The van der Waals surface area contributed by atoms with Crippen molar-refractivity contribution < 1.29 is 14.3 Å². The molecule has 0 unspecified atom stereocenters. The molecular weight excluding hydrogens is 386 g/mol. The van der Waals surface area contributed by atoms with Crippen molar-refractivity contribution in [1.82, 2.24) is 4.90 Å². The number of ketones is 1. The molecule has 1 amide bonds. The highest BCUT2D eigenvalue weighted by Crippen LogP contribution is 2.30. The van der Waals surface area contributed by atoms with Gasteiger partial charge in [-0.15, -0.1) is 0 Å². The highest BCUT2D eigenvalue weighted by atomic mass is 16.5. The van der Waals surface area contributed by atoms with Gasteiger partial charge < -0.3 is 9.64 Å². The Morgan fingerprint density at radius 2 is 1.32 bits per heavy atom. The summed E-state index contributed by atoms with van der Waals surface area (Å²) in [5, 5.41) is 0. The average molecular weight is 414 g/mol. The predicted molar refractivity (Wildman–Crippen MR) is 121 cm³/mol. The third-order valence-corrected chi connectivity index (χ3v) is 6.06. The van der Waals surface area contributed by atoms with E-state index in [9.17, 15) is 9.59 Å². The van der Waals surface area contributed by atoms with E-state index in [1.54, 1.807) is 7.11 Å². The van der Waals surface area contributed by atoms with Crippen LogP contribution in [0.25, 0.3) is 0 Å². The van der Waals surface area contributed by atoms with Gasteiger partial charge in [0.05, 0.1) is 13.0 Å². The molecule has 158 valence electrons. The molecule has 4 rings (SSSR count). The molecule has 1 saturated heterocycles. The van der Waals surface area contributed by atoms with Gasteiger partial charge in [-0.1, -0.05) is 60.7 Å². The molecule has 0 bridgehead atoms. The number of carbonyl (C=O) groups is 2. The molecule has 4 heteroatoms. The van der Waals surface area contributed by atoms with Crippen molar-refractivity contribution >= 4 is 11.7 Å². The van der Waals surface area contributed by atoms with Crippen LogP contribution in [0.3, 0.4) is 0 Å². The number of hydrogen-bond donors (Lipinski definition) is 0. The van der Waals surface area contributed by atoms with Gasteiger partial charge in [-0.3, -0.25) is 9.59 Å². The summed E-state index contributed by atoms with van der Waals surface area (Å²) in [7, 11) is 1.61. The van der Waals surface area contributed by atoms with Crippen molar-refractivity contribution in [2.75, 3.05) is 20.2 Å². The number of carbonyl (C=O) groups excluding carboxylic acids is 2. The van der Waals surface area contributed by atoms with E-state index < -0.39 is 0 Å². The molecule has 4 nitrogen and oxygen atoms in total. The first kappa shape index (κ1) is 20.9. The van der Waals surface area contributed by atoms with Crippen molar-refractivity contribution in [3.63, 3.8) is 0 Å². The lowest BCUT2D eigenvalue weighted by Gasteiger charge is -2.34. The Hall–Kier alpha value is -3.40. The molecule has 1 aliphatic heterocycles. The number of rotatable bonds is 6. The molecule has 0 aromatic heterocycles.